The number of aromatic nitrogens is 3. The van der Waals surface area contributed by atoms with Crippen LogP contribution >= 0.6 is 0 Å². The van der Waals surface area contributed by atoms with Gasteiger partial charge in [-0.05, 0) is 18.2 Å². The smallest absolute Gasteiger partial charge is 0.249 e. The van der Waals surface area contributed by atoms with Crippen molar-refractivity contribution in [3.8, 4) is 22.5 Å². The predicted octanol–water partition coefficient (Wildman–Crippen LogP) is 3.69. The van der Waals surface area contributed by atoms with Crippen LogP contribution in [0.15, 0.2) is 71.5 Å². The molecule has 0 unspecified atom stereocenters. The van der Waals surface area contributed by atoms with Gasteiger partial charge in [0.15, 0.2) is 5.65 Å². The molecule has 0 aliphatic rings. The van der Waals surface area contributed by atoms with Crippen molar-refractivity contribution in [1.82, 2.24) is 15.0 Å². The zero-order chi connectivity index (χ0) is 17.2. The molecule has 0 spiro atoms. The van der Waals surface area contributed by atoms with Crippen LogP contribution in [0.25, 0.3) is 33.7 Å². The maximum atomic E-state index is 11.6. The minimum Gasteiger partial charge on any atom is -0.388 e. The van der Waals surface area contributed by atoms with Gasteiger partial charge in [-0.15, -0.1) is 0 Å². The van der Waals surface area contributed by atoms with Gasteiger partial charge >= 0.3 is 0 Å². The maximum absolute atomic E-state index is 11.6. The Morgan fingerprint density at radius 1 is 0.800 bits per heavy atom. The molecule has 0 saturated heterocycles. The van der Waals surface area contributed by atoms with E-state index in [-0.39, 0.29) is 5.56 Å². The second kappa shape index (κ2) is 6.20. The van der Waals surface area contributed by atoms with Gasteiger partial charge in [0.05, 0.1) is 11.4 Å². The first-order valence-corrected chi connectivity index (χ1v) is 7.99. The normalized spacial score (nSPS) is 10.8. The summed E-state index contributed by atoms with van der Waals surface area (Å²) in [5.41, 5.74) is 5.44. The first kappa shape index (κ1) is 15.1. The molecular formula is C20H16N4O. The standard InChI is InChI=1S/C20H16N4O/c1-21-15-9-7-14(8-10-15)18-19(13-5-3-2-4-6-13)24-20-16(22-18)11-12-17(25)23-20/h2-12,21H,1H3,(H,23,24,25). The van der Waals surface area contributed by atoms with E-state index in [4.69, 9.17) is 9.97 Å². The van der Waals surface area contributed by atoms with E-state index in [1.54, 1.807) is 6.07 Å². The fraction of sp³-hybridized carbons (Fsp3) is 0.0500. The summed E-state index contributed by atoms with van der Waals surface area (Å²) >= 11 is 0. The average molecular weight is 328 g/mol. The largest absolute Gasteiger partial charge is 0.388 e. The van der Waals surface area contributed by atoms with Crippen LogP contribution in [0.4, 0.5) is 5.69 Å². The van der Waals surface area contributed by atoms with E-state index in [0.717, 1.165) is 28.2 Å². The van der Waals surface area contributed by atoms with Crippen molar-refractivity contribution in [2.75, 3.05) is 12.4 Å². The molecule has 0 amide bonds. The molecular weight excluding hydrogens is 312 g/mol. The molecule has 0 aliphatic heterocycles. The lowest BCUT2D eigenvalue weighted by atomic mass is 10.0. The van der Waals surface area contributed by atoms with Crippen molar-refractivity contribution in [3.63, 3.8) is 0 Å². The molecule has 2 aromatic carbocycles. The Balaban J connectivity index is 1.99. The van der Waals surface area contributed by atoms with Crippen molar-refractivity contribution in [2.45, 2.75) is 0 Å². The summed E-state index contributed by atoms with van der Waals surface area (Å²) in [6.45, 7) is 0. The van der Waals surface area contributed by atoms with Crippen LogP contribution in [0, 0.1) is 0 Å². The predicted molar refractivity (Wildman–Crippen MR) is 101 cm³/mol. The Morgan fingerprint density at radius 2 is 1.48 bits per heavy atom. The van der Waals surface area contributed by atoms with Gasteiger partial charge in [0.25, 0.3) is 0 Å². The number of anilines is 1. The van der Waals surface area contributed by atoms with Crippen molar-refractivity contribution in [1.29, 1.82) is 0 Å². The second-order valence-corrected chi connectivity index (χ2v) is 5.67. The number of benzene rings is 2. The molecule has 0 aliphatic carbocycles. The number of rotatable bonds is 3. The topological polar surface area (TPSA) is 70.7 Å². The summed E-state index contributed by atoms with van der Waals surface area (Å²) in [6.07, 6.45) is 0. The molecule has 0 atom stereocenters. The zero-order valence-corrected chi connectivity index (χ0v) is 13.7. The van der Waals surface area contributed by atoms with Gasteiger partial charge in [-0.25, -0.2) is 9.97 Å². The highest BCUT2D eigenvalue weighted by Crippen LogP contribution is 2.30. The molecule has 122 valence electrons. The minimum absolute atomic E-state index is 0.188. The number of fused-ring (bicyclic) bond motifs is 1. The Hall–Kier alpha value is -3.47. The van der Waals surface area contributed by atoms with E-state index in [0.29, 0.717) is 11.2 Å². The summed E-state index contributed by atoms with van der Waals surface area (Å²) in [5, 5.41) is 3.11. The molecule has 5 heteroatoms. The summed E-state index contributed by atoms with van der Waals surface area (Å²) in [5.74, 6) is 0. The van der Waals surface area contributed by atoms with E-state index in [9.17, 15) is 4.79 Å². The number of H-pyrrole nitrogens is 1. The number of pyridine rings is 1. The van der Waals surface area contributed by atoms with Crippen LogP contribution in [-0.4, -0.2) is 22.0 Å². The van der Waals surface area contributed by atoms with Crippen LogP contribution in [0.5, 0.6) is 0 Å². The van der Waals surface area contributed by atoms with E-state index in [1.807, 2.05) is 61.6 Å². The summed E-state index contributed by atoms with van der Waals surface area (Å²) < 4.78 is 0. The third-order valence-electron chi connectivity index (χ3n) is 4.05. The average Bonchev–Trinajstić information content (AvgIpc) is 2.68. The van der Waals surface area contributed by atoms with Gasteiger partial charge in [0, 0.05) is 29.9 Å². The van der Waals surface area contributed by atoms with E-state index >= 15 is 0 Å². The van der Waals surface area contributed by atoms with Crippen LogP contribution in [-0.2, 0) is 0 Å². The minimum atomic E-state index is -0.188. The van der Waals surface area contributed by atoms with Gasteiger partial charge < -0.3 is 10.3 Å². The highest BCUT2D eigenvalue weighted by Gasteiger charge is 2.13. The molecule has 4 aromatic rings. The van der Waals surface area contributed by atoms with Gasteiger partial charge in [-0.2, -0.15) is 0 Å². The van der Waals surface area contributed by atoms with Crippen LogP contribution in [0.3, 0.4) is 0 Å². The molecule has 0 fully saturated rings. The monoisotopic (exact) mass is 328 g/mol. The third kappa shape index (κ3) is 2.87. The molecule has 5 nitrogen and oxygen atoms in total. The Labute approximate surface area is 144 Å². The SMILES string of the molecule is CNc1ccc(-c2nc3ccc(=O)[nH]c3nc2-c2ccccc2)cc1. The molecule has 4 rings (SSSR count). The quantitative estimate of drug-likeness (QED) is 0.602. The first-order chi connectivity index (χ1) is 12.2. The molecule has 0 bridgehead atoms. The molecule has 2 heterocycles. The summed E-state index contributed by atoms with van der Waals surface area (Å²) in [4.78, 5) is 23.8. The van der Waals surface area contributed by atoms with Crippen molar-refractivity contribution in [3.05, 3.63) is 77.1 Å². The third-order valence-corrected chi connectivity index (χ3v) is 4.05. The maximum Gasteiger partial charge on any atom is 0.249 e. The Bertz CT molecular complexity index is 1090. The number of nitrogens with one attached hydrogen (secondary N) is 2. The van der Waals surface area contributed by atoms with Gasteiger partial charge in [0.1, 0.15) is 5.52 Å². The van der Waals surface area contributed by atoms with E-state index in [2.05, 4.69) is 10.3 Å². The van der Waals surface area contributed by atoms with E-state index in [1.165, 1.54) is 6.07 Å². The van der Waals surface area contributed by atoms with Crippen LogP contribution < -0.4 is 10.9 Å². The highest BCUT2D eigenvalue weighted by atomic mass is 16.1. The van der Waals surface area contributed by atoms with Crippen molar-refractivity contribution in [2.24, 2.45) is 0 Å². The van der Waals surface area contributed by atoms with Crippen LogP contribution in [0.1, 0.15) is 0 Å². The molecule has 2 N–H and O–H groups in total. The second-order valence-electron chi connectivity index (χ2n) is 5.67. The fourth-order valence-corrected chi connectivity index (χ4v) is 2.76. The van der Waals surface area contributed by atoms with Gasteiger partial charge in [-0.1, -0.05) is 42.5 Å². The fourth-order valence-electron chi connectivity index (χ4n) is 2.76. The lowest BCUT2D eigenvalue weighted by Crippen LogP contribution is -2.06. The Morgan fingerprint density at radius 3 is 2.20 bits per heavy atom. The van der Waals surface area contributed by atoms with Gasteiger partial charge in [0.2, 0.25) is 5.56 Å². The van der Waals surface area contributed by atoms with E-state index < -0.39 is 0 Å². The number of hydrogen-bond acceptors (Lipinski definition) is 4. The summed E-state index contributed by atoms with van der Waals surface area (Å²) in [6, 6.07) is 21.1. The molecule has 2 aromatic heterocycles. The number of nitrogens with zero attached hydrogens (tertiary/aromatic N) is 2. The van der Waals surface area contributed by atoms with Crippen LogP contribution in [0.2, 0.25) is 0 Å². The molecule has 25 heavy (non-hydrogen) atoms. The lowest BCUT2D eigenvalue weighted by Gasteiger charge is -2.11. The zero-order valence-electron chi connectivity index (χ0n) is 13.7. The lowest BCUT2D eigenvalue weighted by molar-refractivity contribution is 1.19. The number of hydrogen-bond donors (Lipinski definition) is 2. The van der Waals surface area contributed by atoms with Gasteiger partial charge in [-0.3, -0.25) is 4.79 Å². The van der Waals surface area contributed by atoms with Crippen molar-refractivity contribution >= 4 is 16.9 Å². The first-order valence-electron chi connectivity index (χ1n) is 7.99. The molecule has 0 radical (unpaired) electrons. The highest BCUT2D eigenvalue weighted by molar-refractivity contribution is 5.84. The number of aromatic amines is 1. The Kier molecular flexibility index (Phi) is 3.74. The summed E-state index contributed by atoms with van der Waals surface area (Å²) in [7, 11) is 1.89. The van der Waals surface area contributed by atoms with Crippen molar-refractivity contribution < 1.29 is 0 Å². The molecule has 0 saturated carbocycles.